The number of nitrogens with one attached hydrogen (secondary N) is 1. The van der Waals surface area contributed by atoms with Crippen LogP contribution in [0.25, 0.3) is 0 Å². The van der Waals surface area contributed by atoms with Gasteiger partial charge in [-0.3, -0.25) is 9.59 Å². The summed E-state index contributed by atoms with van der Waals surface area (Å²) in [5.74, 6) is -0.428. The molecule has 1 saturated heterocycles. The Labute approximate surface area is 83.2 Å². The van der Waals surface area contributed by atoms with Gasteiger partial charge in [0.05, 0.1) is 11.3 Å². The molecule has 0 aromatic rings. The quantitative estimate of drug-likeness (QED) is 0.660. The molecule has 0 spiro atoms. The fourth-order valence-corrected chi connectivity index (χ4v) is 2.62. The van der Waals surface area contributed by atoms with E-state index in [9.17, 15) is 9.59 Å². The first-order valence-electron chi connectivity index (χ1n) is 5.24. The van der Waals surface area contributed by atoms with Crippen molar-refractivity contribution >= 4 is 11.8 Å². The predicted molar refractivity (Wildman–Crippen MR) is 51.2 cm³/mol. The fourth-order valence-electron chi connectivity index (χ4n) is 2.62. The molecule has 4 heteroatoms. The minimum atomic E-state index is -0.509. The summed E-state index contributed by atoms with van der Waals surface area (Å²) in [6.45, 7) is 0.740. The zero-order chi connectivity index (χ0) is 10.2. The van der Waals surface area contributed by atoms with E-state index in [4.69, 9.17) is 5.73 Å². The molecule has 1 heterocycles. The van der Waals surface area contributed by atoms with Gasteiger partial charge in [0.15, 0.2) is 0 Å². The largest absolute Gasteiger partial charge is 0.369 e. The average molecular weight is 196 g/mol. The first-order valence-corrected chi connectivity index (χ1v) is 5.24. The van der Waals surface area contributed by atoms with Gasteiger partial charge in [-0.05, 0) is 25.7 Å². The third-order valence-corrected chi connectivity index (χ3v) is 3.69. The number of hydrogen-bond donors (Lipinski definition) is 2. The molecule has 2 rings (SSSR count). The Kier molecular flexibility index (Phi) is 2.21. The molecule has 1 aliphatic carbocycles. The van der Waals surface area contributed by atoms with Crippen molar-refractivity contribution in [3.05, 3.63) is 0 Å². The van der Waals surface area contributed by atoms with E-state index in [1.165, 1.54) is 0 Å². The minimum absolute atomic E-state index is 0.0229. The molecular formula is C10H16N2O2. The normalized spacial score (nSPS) is 30.3. The van der Waals surface area contributed by atoms with Crippen LogP contribution in [0.2, 0.25) is 0 Å². The highest BCUT2D eigenvalue weighted by Crippen LogP contribution is 2.49. The van der Waals surface area contributed by atoms with E-state index >= 15 is 0 Å². The van der Waals surface area contributed by atoms with Crippen LogP contribution in [0.4, 0.5) is 0 Å². The Morgan fingerprint density at radius 2 is 2.14 bits per heavy atom. The first kappa shape index (κ1) is 9.49. The van der Waals surface area contributed by atoms with Crippen LogP contribution >= 0.6 is 0 Å². The number of amides is 2. The first-order chi connectivity index (χ1) is 6.67. The number of carbonyl (C=O) groups is 2. The third-order valence-electron chi connectivity index (χ3n) is 3.69. The molecule has 78 valence electrons. The van der Waals surface area contributed by atoms with Crippen LogP contribution in [-0.2, 0) is 9.59 Å². The summed E-state index contributed by atoms with van der Waals surface area (Å²) in [5, 5.41) is 2.81. The number of hydrogen-bond acceptors (Lipinski definition) is 2. The molecule has 0 radical (unpaired) electrons. The van der Waals surface area contributed by atoms with E-state index in [0.717, 1.165) is 38.6 Å². The molecule has 3 N–H and O–H groups in total. The second-order valence-corrected chi connectivity index (χ2v) is 4.36. The lowest BCUT2D eigenvalue weighted by Gasteiger charge is -2.45. The summed E-state index contributed by atoms with van der Waals surface area (Å²) in [5.41, 5.74) is 4.90. The van der Waals surface area contributed by atoms with Gasteiger partial charge in [0, 0.05) is 6.54 Å². The highest BCUT2D eigenvalue weighted by atomic mass is 16.2. The summed E-state index contributed by atoms with van der Waals surface area (Å²) in [4.78, 5) is 23.0. The molecule has 0 aromatic carbocycles. The smallest absolute Gasteiger partial charge is 0.224 e. The Hall–Kier alpha value is -1.06. The second-order valence-electron chi connectivity index (χ2n) is 4.36. The van der Waals surface area contributed by atoms with Crippen molar-refractivity contribution < 1.29 is 9.59 Å². The second kappa shape index (κ2) is 3.26. The molecule has 1 unspecified atom stereocenters. The molecule has 1 saturated carbocycles. The van der Waals surface area contributed by atoms with Gasteiger partial charge in [-0.25, -0.2) is 0 Å². The van der Waals surface area contributed by atoms with Crippen molar-refractivity contribution in [2.75, 3.05) is 6.54 Å². The van der Waals surface area contributed by atoms with Gasteiger partial charge >= 0.3 is 0 Å². The number of primary amides is 1. The van der Waals surface area contributed by atoms with Crippen LogP contribution in [0, 0.1) is 11.3 Å². The van der Waals surface area contributed by atoms with Crippen molar-refractivity contribution in [2.24, 2.45) is 17.1 Å². The van der Waals surface area contributed by atoms with E-state index in [1.54, 1.807) is 0 Å². The van der Waals surface area contributed by atoms with Crippen molar-refractivity contribution in [2.45, 2.75) is 32.1 Å². The van der Waals surface area contributed by atoms with E-state index in [0.29, 0.717) is 0 Å². The molecule has 0 aromatic heterocycles. The predicted octanol–water partition coefficient (Wildman–Crippen LogP) is 0.168. The zero-order valence-corrected chi connectivity index (χ0v) is 8.21. The summed E-state index contributed by atoms with van der Waals surface area (Å²) in [6, 6.07) is 0. The maximum Gasteiger partial charge on any atom is 0.224 e. The molecule has 2 amide bonds. The van der Waals surface area contributed by atoms with Crippen LogP contribution in [-0.4, -0.2) is 18.4 Å². The van der Waals surface area contributed by atoms with Gasteiger partial charge in [-0.15, -0.1) is 0 Å². The summed E-state index contributed by atoms with van der Waals surface area (Å²) >= 11 is 0. The van der Waals surface area contributed by atoms with Gasteiger partial charge < -0.3 is 11.1 Å². The molecule has 1 aliphatic heterocycles. The Morgan fingerprint density at radius 1 is 1.43 bits per heavy atom. The Balaban J connectivity index is 2.18. The van der Waals surface area contributed by atoms with Crippen LogP contribution in [0.1, 0.15) is 32.1 Å². The van der Waals surface area contributed by atoms with E-state index in [-0.39, 0.29) is 17.7 Å². The van der Waals surface area contributed by atoms with Gasteiger partial charge in [0.1, 0.15) is 0 Å². The monoisotopic (exact) mass is 196 g/mol. The van der Waals surface area contributed by atoms with Gasteiger partial charge in [-0.1, -0.05) is 6.42 Å². The highest BCUT2D eigenvalue weighted by molar-refractivity contribution is 5.90. The maximum absolute atomic E-state index is 11.6. The summed E-state index contributed by atoms with van der Waals surface area (Å²) in [7, 11) is 0. The molecule has 2 fully saturated rings. The van der Waals surface area contributed by atoms with Crippen LogP contribution < -0.4 is 11.1 Å². The zero-order valence-electron chi connectivity index (χ0n) is 8.21. The van der Waals surface area contributed by atoms with Crippen molar-refractivity contribution in [1.82, 2.24) is 5.32 Å². The van der Waals surface area contributed by atoms with Crippen LogP contribution in [0.5, 0.6) is 0 Å². The van der Waals surface area contributed by atoms with Gasteiger partial charge in [0.25, 0.3) is 0 Å². The van der Waals surface area contributed by atoms with Crippen molar-refractivity contribution in [3.8, 4) is 0 Å². The van der Waals surface area contributed by atoms with Crippen LogP contribution in [0.3, 0.4) is 0 Å². The Morgan fingerprint density at radius 3 is 2.57 bits per heavy atom. The summed E-state index contributed by atoms with van der Waals surface area (Å²) < 4.78 is 0. The SMILES string of the molecule is NC(=O)C1(C2CCCNC2=O)CCC1. The lowest BCUT2D eigenvalue weighted by molar-refractivity contribution is -0.148. The molecular weight excluding hydrogens is 180 g/mol. The third kappa shape index (κ3) is 1.21. The number of rotatable bonds is 2. The lowest BCUT2D eigenvalue weighted by atomic mass is 9.58. The topological polar surface area (TPSA) is 72.2 Å². The van der Waals surface area contributed by atoms with E-state index in [1.807, 2.05) is 0 Å². The maximum atomic E-state index is 11.6. The molecule has 0 bridgehead atoms. The van der Waals surface area contributed by atoms with Crippen molar-refractivity contribution in [1.29, 1.82) is 0 Å². The number of carbonyl (C=O) groups excluding carboxylic acids is 2. The fraction of sp³-hybridized carbons (Fsp3) is 0.800. The van der Waals surface area contributed by atoms with E-state index < -0.39 is 5.41 Å². The van der Waals surface area contributed by atoms with Crippen molar-refractivity contribution in [3.63, 3.8) is 0 Å². The Bertz CT molecular complexity index is 271. The average Bonchev–Trinajstić information content (AvgIpc) is 2.05. The van der Waals surface area contributed by atoms with Gasteiger partial charge in [-0.2, -0.15) is 0 Å². The molecule has 1 atom stereocenters. The van der Waals surface area contributed by atoms with Gasteiger partial charge in [0.2, 0.25) is 11.8 Å². The minimum Gasteiger partial charge on any atom is -0.369 e. The van der Waals surface area contributed by atoms with Crippen LogP contribution in [0.15, 0.2) is 0 Å². The number of nitrogens with two attached hydrogens (primary N) is 1. The highest BCUT2D eigenvalue weighted by Gasteiger charge is 2.52. The van der Waals surface area contributed by atoms with E-state index in [2.05, 4.69) is 5.32 Å². The molecule has 14 heavy (non-hydrogen) atoms. The summed E-state index contributed by atoms with van der Waals surface area (Å²) in [6.07, 6.45) is 4.38. The number of piperidine rings is 1. The molecule has 4 nitrogen and oxygen atoms in total. The lowest BCUT2D eigenvalue weighted by Crippen LogP contribution is -2.55. The standard InChI is InChI=1S/C10H16N2O2/c11-9(14)10(4-2-5-10)7-3-1-6-12-8(7)13/h7H,1-6H2,(H2,11,14)(H,12,13). The molecule has 2 aliphatic rings.